The first-order valence-corrected chi connectivity index (χ1v) is 17.2. The Morgan fingerprint density at radius 3 is 2.26 bits per heavy atom. The molecule has 1 aliphatic heterocycles. The van der Waals surface area contributed by atoms with Gasteiger partial charge in [0.15, 0.2) is 6.04 Å². The summed E-state index contributed by atoms with van der Waals surface area (Å²) in [6.45, 7) is 0.275. The third kappa shape index (κ3) is 7.02. The lowest BCUT2D eigenvalue weighted by atomic mass is 10.0. The molecule has 3 aromatic carbocycles. The van der Waals surface area contributed by atoms with Crippen molar-refractivity contribution in [2.24, 2.45) is 5.73 Å². The second-order valence-corrected chi connectivity index (χ2v) is 14.1. The second-order valence-electron chi connectivity index (χ2n) is 12.0. The minimum absolute atomic E-state index is 0.137. The second kappa shape index (κ2) is 13.2. The molecule has 6 rings (SSSR count). The molecule has 1 atom stereocenters. The molecule has 46 heavy (non-hydrogen) atoms. The number of piperidine rings is 1. The fourth-order valence-electron chi connectivity index (χ4n) is 6.00. The zero-order valence-electron chi connectivity index (χ0n) is 25.0. The number of fused-ring (bicyclic) bond motifs is 1. The molecule has 0 unspecified atom stereocenters. The molecule has 0 bridgehead atoms. The van der Waals surface area contributed by atoms with E-state index in [1.54, 1.807) is 42.5 Å². The highest BCUT2D eigenvalue weighted by atomic mass is 35.5. The molecule has 1 aromatic heterocycles. The van der Waals surface area contributed by atoms with Crippen molar-refractivity contribution in [3.05, 3.63) is 89.7 Å². The average Bonchev–Trinajstić information content (AvgIpc) is 3.57. The Labute approximate surface area is 271 Å². The van der Waals surface area contributed by atoms with Gasteiger partial charge in [-0.3, -0.25) is 9.78 Å². The number of likely N-dealkylation sites (tertiary alicyclic amines) is 1. The first-order valence-electron chi connectivity index (χ1n) is 15.4. The number of ether oxygens (including phenoxy) is 1. The largest absolute Gasteiger partial charge is 0.490 e. The number of carbonyl (C=O) groups excluding carboxylic acids is 1. The summed E-state index contributed by atoms with van der Waals surface area (Å²) < 4.78 is 68.1. The zero-order chi connectivity index (χ0) is 32.5. The van der Waals surface area contributed by atoms with Gasteiger partial charge in [-0.15, -0.1) is 0 Å². The number of halogens is 3. The van der Waals surface area contributed by atoms with Crippen LogP contribution in [0.2, 0.25) is 5.02 Å². The van der Waals surface area contributed by atoms with Gasteiger partial charge in [-0.1, -0.05) is 41.9 Å². The summed E-state index contributed by atoms with van der Waals surface area (Å²) in [5.41, 5.74) is 6.49. The minimum Gasteiger partial charge on any atom is -0.490 e. The Balaban J connectivity index is 1.29. The Kier molecular flexibility index (Phi) is 9.29. The molecule has 2 fully saturated rings. The third-order valence-corrected chi connectivity index (χ3v) is 10.4. The topological polar surface area (TPSA) is 115 Å². The molecular formula is C34H35ClF2N4O4S. The van der Waals surface area contributed by atoms with Gasteiger partial charge in [-0.25, -0.2) is 8.42 Å². The number of carbonyl (C=O) groups is 1. The number of aromatic nitrogens is 1. The summed E-state index contributed by atoms with van der Waals surface area (Å²) in [6, 6.07) is 16.4. The molecule has 1 aliphatic carbocycles. The lowest BCUT2D eigenvalue weighted by molar-refractivity contribution is -0.145. The Hall–Kier alpha value is -3.64. The number of nitrogens with two attached hydrogens (primary N) is 1. The predicted octanol–water partition coefficient (Wildman–Crippen LogP) is 6.27. The number of sulfonamides is 1. The van der Waals surface area contributed by atoms with E-state index in [2.05, 4.69) is 9.71 Å². The quantitative estimate of drug-likeness (QED) is 0.218. The summed E-state index contributed by atoms with van der Waals surface area (Å²) in [7, 11) is -4.59. The summed E-state index contributed by atoms with van der Waals surface area (Å²) in [6.07, 6.45) is 6.52. The molecule has 242 valence electrons. The van der Waals surface area contributed by atoms with Crippen LogP contribution >= 0.6 is 11.6 Å². The fourth-order valence-corrected chi connectivity index (χ4v) is 7.35. The lowest BCUT2D eigenvalue weighted by Crippen LogP contribution is -2.58. The van der Waals surface area contributed by atoms with E-state index in [0.717, 1.165) is 37.1 Å². The number of nitrogens with one attached hydrogen (secondary N) is 1. The Morgan fingerprint density at radius 1 is 0.935 bits per heavy atom. The molecule has 0 radical (unpaired) electrons. The van der Waals surface area contributed by atoms with Gasteiger partial charge < -0.3 is 15.4 Å². The standard InChI is InChI=1S/C34H35ClF2N4O4S/c35-26-10-5-22(6-11-26)25-9-14-31(39-21-25)34(36,37)32(33(42)41-17-15-27(38)16-18-41)40-46(43,44)30-13-8-23-19-29(12-7-24(23)20-30)45-28-3-1-2-4-28/h5-14,19-21,27-28,32,40H,1-4,15-18,38H2/t32-/m1/s1. The first-order chi connectivity index (χ1) is 22.0. The van der Waals surface area contributed by atoms with Gasteiger partial charge in [-0.2, -0.15) is 13.5 Å². The number of pyridine rings is 1. The number of nitrogens with zero attached hydrogens (tertiary/aromatic N) is 2. The number of alkyl halides is 2. The normalized spacial score (nSPS) is 17.3. The van der Waals surface area contributed by atoms with Gasteiger partial charge >= 0.3 is 5.92 Å². The average molecular weight is 669 g/mol. The van der Waals surface area contributed by atoms with E-state index in [1.165, 1.54) is 29.3 Å². The number of hydrogen-bond donors (Lipinski definition) is 2. The highest BCUT2D eigenvalue weighted by Gasteiger charge is 2.51. The van der Waals surface area contributed by atoms with Gasteiger partial charge in [0.25, 0.3) is 0 Å². The summed E-state index contributed by atoms with van der Waals surface area (Å²) >= 11 is 5.96. The van der Waals surface area contributed by atoms with Crippen LogP contribution in [0.3, 0.4) is 0 Å². The van der Waals surface area contributed by atoms with Crippen LogP contribution in [0.5, 0.6) is 5.75 Å². The molecule has 1 saturated heterocycles. The van der Waals surface area contributed by atoms with Crippen molar-refractivity contribution in [1.29, 1.82) is 0 Å². The number of hydrogen-bond acceptors (Lipinski definition) is 6. The van der Waals surface area contributed by atoms with Gasteiger partial charge in [0.1, 0.15) is 11.4 Å². The summed E-state index contributed by atoms with van der Waals surface area (Å²) in [5, 5.41) is 1.85. The van der Waals surface area contributed by atoms with Crippen LogP contribution in [-0.4, -0.2) is 55.5 Å². The van der Waals surface area contributed by atoms with Crippen molar-refractivity contribution in [1.82, 2.24) is 14.6 Å². The maximum atomic E-state index is 16.3. The molecule has 12 heteroatoms. The molecule has 0 spiro atoms. The van der Waals surface area contributed by atoms with Crippen molar-refractivity contribution in [2.45, 2.75) is 67.5 Å². The first kappa shape index (κ1) is 32.3. The molecule has 4 aromatic rings. The van der Waals surface area contributed by atoms with E-state index in [1.807, 2.05) is 6.07 Å². The van der Waals surface area contributed by atoms with E-state index in [9.17, 15) is 13.2 Å². The predicted molar refractivity (Wildman–Crippen MR) is 173 cm³/mol. The van der Waals surface area contributed by atoms with Crippen LogP contribution in [-0.2, 0) is 20.7 Å². The maximum Gasteiger partial charge on any atom is 0.314 e. The van der Waals surface area contributed by atoms with Crippen LogP contribution in [0, 0.1) is 0 Å². The molecule has 2 aliphatic rings. The van der Waals surface area contributed by atoms with Crippen LogP contribution < -0.4 is 15.2 Å². The van der Waals surface area contributed by atoms with Gasteiger partial charge in [0, 0.05) is 35.9 Å². The molecule has 1 amide bonds. The molecule has 8 nitrogen and oxygen atoms in total. The van der Waals surface area contributed by atoms with Gasteiger partial charge in [-0.05, 0) is 97.3 Å². The van der Waals surface area contributed by atoms with Crippen LogP contribution in [0.1, 0.15) is 44.2 Å². The highest BCUT2D eigenvalue weighted by Crippen LogP contribution is 2.35. The van der Waals surface area contributed by atoms with E-state index >= 15 is 8.78 Å². The third-order valence-electron chi connectivity index (χ3n) is 8.71. The van der Waals surface area contributed by atoms with E-state index in [4.69, 9.17) is 22.1 Å². The SMILES string of the molecule is NC1CCN(C(=O)[C@@H](NS(=O)(=O)c2ccc3cc(OC4CCCC4)ccc3c2)C(F)(F)c2ccc(-c3ccc(Cl)cc3)cn2)CC1. The van der Waals surface area contributed by atoms with Crippen LogP contribution in [0.15, 0.2) is 83.9 Å². The Morgan fingerprint density at radius 2 is 1.59 bits per heavy atom. The van der Waals surface area contributed by atoms with Crippen molar-refractivity contribution in [3.8, 4) is 16.9 Å². The lowest BCUT2D eigenvalue weighted by Gasteiger charge is -2.35. The molecule has 3 N–H and O–H groups in total. The highest BCUT2D eigenvalue weighted by molar-refractivity contribution is 7.89. The fraction of sp³-hybridized carbons (Fsp3) is 0.353. The van der Waals surface area contributed by atoms with Crippen molar-refractivity contribution < 1.29 is 26.7 Å². The number of benzene rings is 3. The molecular weight excluding hydrogens is 634 g/mol. The van der Waals surface area contributed by atoms with Gasteiger partial charge in [0.2, 0.25) is 15.9 Å². The summed E-state index contributed by atoms with van der Waals surface area (Å²) in [5.74, 6) is -4.35. The van der Waals surface area contributed by atoms with Crippen molar-refractivity contribution in [3.63, 3.8) is 0 Å². The van der Waals surface area contributed by atoms with Crippen LogP contribution in [0.4, 0.5) is 8.78 Å². The minimum atomic E-state index is -4.59. The number of rotatable bonds is 9. The van der Waals surface area contributed by atoms with Crippen LogP contribution in [0.25, 0.3) is 21.9 Å². The molecule has 1 saturated carbocycles. The van der Waals surface area contributed by atoms with E-state index < -0.39 is 33.6 Å². The smallest absolute Gasteiger partial charge is 0.314 e. The van der Waals surface area contributed by atoms with E-state index in [-0.39, 0.29) is 30.1 Å². The van der Waals surface area contributed by atoms with Gasteiger partial charge in [0.05, 0.1) is 11.0 Å². The monoisotopic (exact) mass is 668 g/mol. The zero-order valence-corrected chi connectivity index (χ0v) is 26.6. The maximum absolute atomic E-state index is 16.3. The number of amides is 1. The van der Waals surface area contributed by atoms with Crippen molar-refractivity contribution >= 4 is 38.3 Å². The summed E-state index contributed by atoms with van der Waals surface area (Å²) in [4.78, 5) is 18.6. The van der Waals surface area contributed by atoms with E-state index in [0.29, 0.717) is 40.1 Å². The Bertz CT molecular complexity index is 1810. The van der Waals surface area contributed by atoms with Crippen molar-refractivity contribution in [2.75, 3.05) is 13.1 Å². The molecule has 2 heterocycles.